The van der Waals surface area contributed by atoms with Gasteiger partial charge in [0.05, 0.1) is 0 Å². The fourth-order valence-corrected chi connectivity index (χ4v) is 2.49. The summed E-state index contributed by atoms with van der Waals surface area (Å²) >= 11 is 5.83. The molecular formula is C12H17ClN2. The van der Waals surface area contributed by atoms with Crippen LogP contribution in [0.25, 0.3) is 0 Å². The molecule has 1 aliphatic rings. The lowest BCUT2D eigenvalue weighted by Crippen LogP contribution is -2.40. The van der Waals surface area contributed by atoms with Gasteiger partial charge in [-0.25, -0.2) is 0 Å². The molecule has 82 valence electrons. The van der Waals surface area contributed by atoms with Crippen molar-refractivity contribution in [2.45, 2.75) is 37.3 Å². The fourth-order valence-electron chi connectivity index (χ4n) is 2.37. The van der Waals surface area contributed by atoms with Crippen LogP contribution in [0.15, 0.2) is 24.3 Å². The summed E-state index contributed by atoms with van der Waals surface area (Å²) in [7, 11) is 0. The third-order valence-electron chi connectivity index (χ3n) is 3.15. The molecule has 0 spiro atoms. The Balaban J connectivity index is 2.05. The molecule has 2 nitrogen and oxygen atoms in total. The molecule has 15 heavy (non-hydrogen) atoms. The number of benzene rings is 1. The van der Waals surface area contributed by atoms with Gasteiger partial charge in [0.2, 0.25) is 0 Å². The lowest BCUT2D eigenvalue weighted by atomic mass is 9.90. The highest BCUT2D eigenvalue weighted by molar-refractivity contribution is 6.30. The molecule has 0 amide bonds. The van der Waals surface area contributed by atoms with E-state index in [1.807, 2.05) is 24.3 Å². The Morgan fingerprint density at radius 2 is 2.00 bits per heavy atom. The maximum atomic E-state index is 6.31. The summed E-state index contributed by atoms with van der Waals surface area (Å²) in [5.74, 6) is 0. The molecule has 0 aliphatic heterocycles. The van der Waals surface area contributed by atoms with Crippen LogP contribution in [0.5, 0.6) is 0 Å². The highest BCUT2D eigenvalue weighted by atomic mass is 35.5. The molecule has 0 bridgehead atoms. The SMILES string of the molecule is NC1CCC(N)(Cc2ccc(Cl)cc2)C1. The molecule has 0 heterocycles. The van der Waals surface area contributed by atoms with Crippen LogP contribution in [0.1, 0.15) is 24.8 Å². The Morgan fingerprint density at radius 1 is 1.33 bits per heavy atom. The molecule has 0 radical (unpaired) electrons. The maximum Gasteiger partial charge on any atom is 0.0406 e. The molecule has 3 heteroatoms. The van der Waals surface area contributed by atoms with Gasteiger partial charge in [-0.15, -0.1) is 0 Å². The second kappa shape index (κ2) is 4.12. The Morgan fingerprint density at radius 3 is 2.53 bits per heavy atom. The lowest BCUT2D eigenvalue weighted by molar-refractivity contribution is 0.430. The van der Waals surface area contributed by atoms with Gasteiger partial charge in [-0.3, -0.25) is 0 Å². The van der Waals surface area contributed by atoms with Crippen molar-refractivity contribution in [1.29, 1.82) is 0 Å². The van der Waals surface area contributed by atoms with Crippen molar-refractivity contribution in [3.63, 3.8) is 0 Å². The predicted molar refractivity (Wildman–Crippen MR) is 63.9 cm³/mol. The number of rotatable bonds is 2. The largest absolute Gasteiger partial charge is 0.328 e. The van der Waals surface area contributed by atoms with Gasteiger partial charge >= 0.3 is 0 Å². The minimum atomic E-state index is -0.104. The van der Waals surface area contributed by atoms with Crippen molar-refractivity contribution in [1.82, 2.24) is 0 Å². The summed E-state index contributed by atoms with van der Waals surface area (Å²) in [6, 6.07) is 8.19. The summed E-state index contributed by atoms with van der Waals surface area (Å²) < 4.78 is 0. The van der Waals surface area contributed by atoms with Crippen LogP contribution < -0.4 is 11.5 Å². The van der Waals surface area contributed by atoms with Gasteiger partial charge < -0.3 is 11.5 Å². The predicted octanol–water partition coefficient (Wildman–Crippen LogP) is 2.09. The second-order valence-corrected chi connectivity index (χ2v) is 5.10. The second-order valence-electron chi connectivity index (χ2n) is 4.67. The molecule has 1 fully saturated rings. The van der Waals surface area contributed by atoms with E-state index in [9.17, 15) is 0 Å². The molecule has 1 aliphatic carbocycles. The Hall–Kier alpha value is -0.570. The molecule has 1 aromatic rings. The van der Waals surface area contributed by atoms with E-state index in [4.69, 9.17) is 23.1 Å². The van der Waals surface area contributed by atoms with E-state index in [0.29, 0.717) is 0 Å². The third-order valence-corrected chi connectivity index (χ3v) is 3.40. The van der Waals surface area contributed by atoms with Gasteiger partial charge in [-0.2, -0.15) is 0 Å². The number of halogens is 1. The first-order valence-corrected chi connectivity index (χ1v) is 5.74. The third kappa shape index (κ3) is 2.71. The number of hydrogen-bond acceptors (Lipinski definition) is 2. The zero-order chi connectivity index (χ0) is 10.9. The van der Waals surface area contributed by atoms with E-state index in [-0.39, 0.29) is 11.6 Å². The van der Waals surface area contributed by atoms with Gasteiger partial charge in [-0.05, 0) is 43.4 Å². The monoisotopic (exact) mass is 224 g/mol. The van der Waals surface area contributed by atoms with E-state index in [0.717, 1.165) is 30.7 Å². The molecule has 4 N–H and O–H groups in total. The van der Waals surface area contributed by atoms with Crippen LogP contribution in [0.4, 0.5) is 0 Å². The highest BCUT2D eigenvalue weighted by Crippen LogP contribution is 2.30. The van der Waals surface area contributed by atoms with Gasteiger partial charge in [-0.1, -0.05) is 23.7 Å². The Bertz CT molecular complexity index is 336. The normalized spacial score (nSPS) is 30.7. The van der Waals surface area contributed by atoms with Crippen molar-refractivity contribution < 1.29 is 0 Å². The van der Waals surface area contributed by atoms with Crippen LogP contribution >= 0.6 is 11.6 Å². The summed E-state index contributed by atoms with van der Waals surface area (Å²) in [6.07, 6.45) is 3.90. The molecule has 0 aromatic heterocycles. The van der Waals surface area contributed by atoms with E-state index in [1.54, 1.807) is 0 Å². The summed E-state index contributed by atoms with van der Waals surface area (Å²) in [5.41, 5.74) is 13.3. The van der Waals surface area contributed by atoms with Crippen molar-refractivity contribution in [3.8, 4) is 0 Å². The number of hydrogen-bond donors (Lipinski definition) is 2. The first-order chi connectivity index (χ1) is 7.07. The molecule has 2 unspecified atom stereocenters. The first-order valence-electron chi connectivity index (χ1n) is 5.36. The summed E-state index contributed by atoms with van der Waals surface area (Å²) in [6.45, 7) is 0. The Kier molecular flexibility index (Phi) is 3.01. The van der Waals surface area contributed by atoms with Gasteiger partial charge in [0, 0.05) is 16.6 Å². The van der Waals surface area contributed by atoms with E-state index in [2.05, 4.69) is 0 Å². The number of nitrogens with two attached hydrogens (primary N) is 2. The van der Waals surface area contributed by atoms with E-state index >= 15 is 0 Å². The van der Waals surface area contributed by atoms with Crippen molar-refractivity contribution in [2.75, 3.05) is 0 Å². The van der Waals surface area contributed by atoms with Gasteiger partial charge in [0.15, 0.2) is 0 Å². The topological polar surface area (TPSA) is 52.0 Å². The smallest absolute Gasteiger partial charge is 0.0406 e. The molecule has 0 saturated heterocycles. The molecule has 2 atom stereocenters. The van der Waals surface area contributed by atoms with Crippen molar-refractivity contribution in [2.24, 2.45) is 11.5 Å². The van der Waals surface area contributed by atoms with Crippen LogP contribution in [0, 0.1) is 0 Å². The summed E-state index contributed by atoms with van der Waals surface area (Å²) in [4.78, 5) is 0. The molecule has 1 aromatic carbocycles. The van der Waals surface area contributed by atoms with E-state index in [1.165, 1.54) is 5.56 Å². The quantitative estimate of drug-likeness (QED) is 0.809. The summed E-state index contributed by atoms with van der Waals surface area (Å²) in [5, 5.41) is 0.771. The van der Waals surface area contributed by atoms with Crippen LogP contribution in [-0.2, 0) is 6.42 Å². The van der Waals surface area contributed by atoms with Crippen molar-refractivity contribution >= 4 is 11.6 Å². The van der Waals surface area contributed by atoms with Gasteiger partial charge in [0.25, 0.3) is 0 Å². The average Bonchev–Trinajstić information content (AvgIpc) is 2.50. The van der Waals surface area contributed by atoms with Crippen LogP contribution in [-0.4, -0.2) is 11.6 Å². The van der Waals surface area contributed by atoms with Crippen molar-refractivity contribution in [3.05, 3.63) is 34.9 Å². The first kappa shape index (κ1) is 10.9. The zero-order valence-corrected chi connectivity index (χ0v) is 9.50. The zero-order valence-electron chi connectivity index (χ0n) is 8.75. The molecule has 1 saturated carbocycles. The Labute approximate surface area is 95.6 Å². The van der Waals surface area contributed by atoms with E-state index < -0.39 is 0 Å². The van der Waals surface area contributed by atoms with Crippen LogP contribution in [0.3, 0.4) is 0 Å². The molecular weight excluding hydrogens is 208 g/mol. The fraction of sp³-hybridized carbons (Fsp3) is 0.500. The minimum Gasteiger partial charge on any atom is -0.328 e. The maximum absolute atomic E-state index is 6.31. The molecule has 2 rings (SSSR count). The highest BCUT2D eigenvalue weighted by Gasteiger charge is 2.33. The van der Waals surface area contributed by atoms with Gasteiger partial charge in [0.1, 0.15) is 0 Å². The minimum absolute atomic E-state index is 0.104. The standard InChI is InChI=1S/C12H17ClN2/c13-10-3-1-9(2-4-10)7-12(15)6-5-11(14)8-12/h1-4,11H,5-8,14-15H2. The average molecular weight is 225 g/mol. The van der Waals surface area contributed by atoms with Crippen LogP contribution in [0.2, 0.25) is 5.02 Å². The lowest BCUT2D eigenvalue weighted by Gasteiger charge is -2.23.